The van der Waals surface area contributed by atoms with Gasteiger partial charge >= 0.3 is 0 Å². The van der Waals surface area contributed by atoms with Gasteiger partial charge in [0.2, 0.25) is 0 Å². The summed E-state index contributed by atoms with van der Waals surface area (Å²) in [4.78, 5) is 2.25. The van der Waals surface area contributed by atoms with Crippen LogP contribution in [0.15, 0.2) is 66.7 Å². The van der Waals surface area contributed by atoms with Crippen molar-refractivity contribution >= 4 is 22.1 Å². The monoisotopic (exact) mass is 261 g/mol. The van der Waals surface area contributed by atoms with E-state index < -0.39 is 0 Å². The van der Waals surface area contributed by atoms with Crippen molar-refractivity contribution in [2.75, 3.05) is 11.9 Å². The van der Waals surface area contributed by atoms with Crippen molar-refractivity contribution in [3.8, 4) is 0 Å². The molecule has 0 aliphatic heterocycles. The van der Waals surface area contributed by atoms with Gasteiger partial charge in [-0.05, 0) is 35.6 Å². The van der Waals surface area contributed by atoms with E-state index in [0.29, 0.717) is 0 Å². The molecule has 0 saturated heterocycles. The third kappa shape index (κ3) is 2.27. The number of rotatable bonds is 3. The predicted octanol–water partition coefficient (Wildman–Crippen LogP) is 5.17. The van der Waals surface area contributed by atoms with E-state index in [9.17, 15) is 0 Å². The van der Waals surface area contributed by atoms with Crippen LogP contribution < -0.4 is 4.90 Å². The molecule has 0 spiro atoms. The number of benzene rings is 3. The zero-order valence-electron chi connectivity index (χ0n) is 12.0. The Balaban J connectivity index is 2.05. The van der Waals surface area contributed by atoms with Crippen LogP contribution in [0.1, 0.15) is 12.5 Å². The van der Waals surface area contributed by atoms with Crippen molar-refractivity contribution in [3.63, 3.8) is 0 Å². The van der Waals surface area contributed by atoms with Crippen LogP contribution in [-0.4, -0.2) is 7.05 Å². The van der Waals surface area contributed by atoms with Crippen LogP contribution in [-0.2, 0) is 6.42 Å². The Morgan fingerprint density at radius 1 is 0.800 bits per heavy atom. The van der Waals surface area contributed by atoms with Crippen molar-refractivity contribution in [2.45, 2.75) is 13.3 Å². The molecule has 100 valence electrons. The Kier molecular flexibility index (Phi) is 3.42. The third-order valence-corrected chi connectivity index (χ3v) is 3.86. The summed E-state index contributed by atoms with van der Waals surface area (Å²) >= 11 is 0. The molecule has 0 fully saturated rings. The second-order valence-electron chi connectivity index (χ2n) is 5.08. The fourth-order valence-electron chi connectivity index (χ4n) is 2.60. The maximum absolute atomic E-state index is 2.25. The van der Waals surface area contributed by atoms with Gasteiger partial charge in [-0.2, -0.15) is 0 Å². The van der Waals surface area contributed by atoms with Crippen molar-refractivity contribution in [1.82, 2.24) is 0 Å². The average molecular weight is 261 g/mol. The van der Waals surface area contributed by atoms with Gasteiger partial charge in [0, 0.05) is 23.8 Å². The van der Waals surface area contributed by atoms with E-state index in [1.54, 1.807) is 0 Å². The molecule has 1 nitrogen and oxygen atoms in total. The summed E-state index contributed by atoms with van der Waals surface area (Å²) in [6, 6.07) is 23.8. The van der Waals surface area contributed by atoms with E-state index in [1.807, 2.05) is 0 Å². The highest BCUT2D eigenvalue weighted by atomic mass is 15.1. The third-order valence-electron chi connectivity index (χ3n) is 3.86. The molecule has 0 saturated carbocycles. The van der Waals surface area contributed by atoms with Gasteiger partial charge in [-0.1, -0.05) is 55.5 Å². The van der Waals surface area contributed by atoms with E-state index >= 15 is 0 Å². The molecule has 3 aromatic rings. The lowest BCUT2D eigenvalue weighted by molar-refractivity contribution is 1.13. The van der Waals surface area contributed by atoms with Crippen molar-refractivity contribution in [2.24, 2.45) is 0 Å². The van der Waals surface area contributed by atoms with Gasteiger partial charge in [-0.15, -0.1) is 0 Å². The number of fused-ring (bicyclic) bond motifs is 1. The standard InChI is InChI=1S/C19H19N/c1-3-15-11-13-17(14-12-15)20(2)19-10-6-8-16-7-4-5-9-18(16)19/h4-14H,3H2,1-2H3. The molecule has 0 unspecified atom stereocenters. The number of aryl methyl sites for hydroxylation is 1. The van der Waals surface area contributed by atoms with Gasteiger partial charge in [-0.25, -0.2) is 0 Å². The lowest BCUT2D eigenvalue weighted by Crippen LogP contribution is -2.09. The van der Waals surface area contributed by atoms with E-state index in [4.69, 9.17) is 0 Å². The summed E-state index contributed by atoms with van der Waals surface area (Å²) in [6.45, 7) is 2.18. The molecule has 0 aliphatic carbocycles. The summed E-state index contributed by atoms with van der Waals surface area (Å²) in [5.41, 5.74) is 3.84. The van der Waals surface area contributed by atoms with Gasteiger partial charge in [0.25, 0.3) is 0 Å². The Labute approximate surface area is 120 Å². The fourth-order valence-corrected chi connectivity index (χ4v) is 2.60. The van der Waals surface area contributed by atoms with Crippen LogP contribution in [0.4, 0.5) is 11.4 Å². The molecule has 0 bridgehead atoms. The topological polar surface area (TPSA) is 3.24 Å². The molecule has 0 aromatic heterocycles. The second-order valence-corrected chi connectivity index (χ2v) is 5.08. The summed E-state index contributed by atoms with van der Waals surface area (Å²) in [7, 11) is 2.13. The smallest absolute Gasteiger partial charge is 0.0487 e. The molecule has 0 amide bonds. The van der Waals surface area contributed by atoms with E-state index in [0.717, 1.165) is 6.42 Å². The fraction of sp³-hybridized carbons (Fsp3) is 0.158. The Morgan fingerprint density at radius 2 is 1.50 bits per heavy atom. The molecule has 0 heterocycles. The number of anilines is 2. The lowest BCUT2D eigenvalue weighted by Gasteiger charge is -2.21. The minimum Gasteiger partial charge on any atom is -0.344 e. The molecule has 0 radical (unpaired) electrons. The molecule has 0 atom stereocenters. The number of nitrogens with zero attached hydrogens (tertiary/aromatic N) is 1. The SMILES string of the molecule is CCc1ccc(N(C)c2cccc3ccccc23)cc1. The molecule has 20 heavy (non-hydrogen) atoms. The van der Waals surface area contributed by atoms with Crippen LogP contribution in [0.2, 0.25) is 0 Å². The Bertz CT molecular complexity index is 708. The van der Waals surface area contributed by atoms with E-state index in [1.165, 1.54) is 27.7 Å². The second kappa shape index (κ2) is 5.38. The first-order valence-corrected chi connectivity index (χ1v) is 7.10. The largest absolute Gasteiger partial charge is 0.344 e. The number of hydrogen-bond acceptors (Lipinski definition) is 1. The van der Waals surface area contributed by atoms with E-state index in [-0.39, 0.29) is 0 Å². The van der Waals surface area contributed by atoms with Crippen LogP contribution in [0.5, 0.6) is 0 Å². The molecule has 1 heteroatoms. The molecular formula is C19H19N. The Morgan fingerprint density at radius 3 is 2.25 bits per heavy atom. The van der Waals surface area contributed by atoms with Gasteiger partial charge < -0.3 is 4.90 Å². The maximum Gasteiger partial charge on any atom is 0.0487 e. The summed E-state index contributed by atoms with van der Waals surface area (Å²) in [5.74, 6) is 0. The first-order valence-electron chi connectivity index (χ1n) is 7.10. The van der Waals surface area contributed by atoms with Gasteiger partial charge in [-0.3, -0.25) is 0 Å². The summed E-state index contributed by atoms with van der Waals surface area (Å²) < 4.78 is 0. The molecular weight excluding hydrogens is 242 g/mol. The Hall–Kier alpha value is -2.28. The minimum absolute atomic E-state index is 1.08. The average Bonchev–Trinajstić information content (AvgIpc) is 2.54. The van der Waals surface area contributed by atoms with E-state index in [2.05, 4.69) is 85.6 Å². The summed E-state index contributed by atoms with van der Waals surface area (Å²) in [5, 5.41) is 2.57. The van der Waals surface area contributed by atoms with Gasteiger partial charge in [0.15, 0.2) is 0 Å². The minimum atomic E-state index is 1.08. The highest BCUT2D eigenvalue weighted by molar-refractivity contribution is 5.95. The van der Waals surface area contributed by atoms with Crippen molar-refractivity contribution in [1.29, 1.82) is 0 Å². The molecule has 0 aliphatic rings. The number of hydrogen-bond donors (Lipinski definition) is 0. The maximum atomic E-state index is 2.25. The molecule has 0 N–H and O–H groups in total. The van der Waals surface area contributed by atoms with Gasteiger partial charge in [0.05, 0.1) is 0 Å². The van der Waals surface area contributed by atoms with Gasteiger partial charge in [0.1, 0.15) is 0 Å². The van der Waals surface area contributed by atoms with Crippen molar-refractivity contribution < 1.29 is 0 Å². The zero-order valence-corrected chi connectivity index (χ0v) is 12.0. The lowest BCUT2D eigenvalue weighted by atomic mass is 10.1. The first kappa shape index (κ1) is 12.7. The van der Waals surface area contributed by atoms with Crippen molar-refractivity contribution in [3.05, 3.63) is 72.3 Å². The normalized spacial score (nSPS) is 10.7. The predicted molar refractivity (Wildman–Crippen MR) is 87.8 cm³/mol. The first-order chi connectivity index (χ1) is 9.79. The summed E-state index contributed by atoms with van der Waals surface area (Å²) in [6.07, 6.45) is 1.08. The van der Waals surface area contributed by atoms with Crippen LogP contribution in [0, 0.1) is 0 Å². The zero-order chi connectivity index (χ0) is 13.9. The highest BCUT2D eigenvalue weighted by Gasteiger charge is 2.07. The highest BCUT2D eigenvalue weighted by Crippen LogP contribution is 2.30. The van der Waals surface area contributed by atoms with Crippen LogP contribution in [0.3, 0.4) is 0 Å². The van der Waals surface area contributed by atoms with Crippen LogP contribution in [0.25, 0.3) is 10.8 Å². The molecule has 3 aromatic carbocycles. The quantitative estimate of drug-likeness (QED) is 0.628. The van der Waals surface area contributed by atoms with Crippen LogP contribution >= 0.6 is 0 Å². The molecule has 3 rings (SSSR count).